The number of unbranched alkanes of at least 4 members (excludes halogenated alkanes) is 2. The molecule has 0 saturated carbocycles. The summed E-state index contributed by atoms with van der Waals surface area (Å²) in [5.41, 5.74) is 1.63. The van der Waals surface area contributed by atoms with Crippen LogP contribution in [0.25, 0.3) is 0 Å². The zero-order valence-electron chi connectivity index (χ0n) is 10.8. The van der Waals surface area contributed by atoms with Crippen molar-refractivity contribution in [3.8, 4) is 0 Å². The fourth-order valence-electron chi connectivity index (χ4n) is 1.64. The van der Waals surface area contributed by atoms with Crippen molar-refractivity contribution in [1.82, 2.24) is 0 Å². The van der Waals surface area contributed by atoms with Gasteiger partial charge in [0.1, 0.15) is 0 Å². The molecule has 0 fully saturated rings. The zero-order chi connectivity index (χ0) is 13.5. The fraction of sp³-hybridized carbons (Fsp3) is 0.429. The van der Waals surface area contributed by atoms with Crippen molar-refractivity contribution < 1.29 is 14.7 Å². The van der Waals surface area contributed by atoms with Gasteiger partial charge in [-0.3, -0.25) is 4.79 Å². The van der Waals surface area contributed by atoms with Gasteiger partial charge in [0.25, 0.3) is 0 Å². The molecule has 0 radical (unpaired) electrons. The maximum absolute atomic E-state index is 11.7. The Kier molecular flexibility index (Phi) is 5.36. The Morgan fingerprint density at radius 2 is 2.00 bits per heavy atom. The van der Waals surface area contributed by atoms with E-state index in [1.54, 1.807) is 6.07 Å². The number of carboxylic acids is 1. The Labute approximate surface area is 107 Å². The van der Waals surface area contributed by atoms with Crippen molar-refractivity contribution in [2.24, 2.45) is 0 Å². The number of aryl methyl sites for hydroxylation is 1. The minimum absolute atomic E-state index is 0.0610. The molecule has 18 heavy (non-hydrogen) atoms. The van der Waals surface area contributed by atoms with Gasteiger partial charge in [-0.05, 0) is 31.0 Å². The van der Waals surface area contributed by atoms with Crippen LogP contribution in [0.5, 0.6) is 0 Å². The maximum atomic E-state index is 11.7. The summed E-state index contributed by atoms with van der Waals surface area (Å²) in [6.45, 7) is 3.92. The molecule has 1 amide bonds. The van der Waals surface area contributed by atoms with E-state index >= 15 is 0 Å². The van der Waals surface area contributed by atoms with E-state index < -0.39 is 5.97 Å². The monoisotopic (exact) mass is 249 g/mol. The first kappa shape index (κ1) is 14.2. The van der Waals surface area contributed by atoms with Gasteiger partial charge in [0, 0.05) is 12.1 Å². The SMILES string of the molecule is CCCCCC(=O)Nc1cc(C(=O)O)ccc1C. The number of carbonyl (C=O) groups excluding carboxylic acids is 1. The van der Waals surface area contributed by atoms with E-state index in [1.807, 2.05) is 6.92 Å². The number of rotatable bonds is 6. The Balaban J connectivity index is 2.68. The first-order chi connectivity index (χ1) is 8.54. The highest BCUT2D eigenvalue weighted by Gasteiger charge is 2.08. The highest BCUT2D eigenvalue weighted by molar-refractivity contribution is 5.94. The molecule has 1 rings (SSSR count). The second-order valence-corrected chi connectivity index (χ2v) is 4.34. The number of amides is 1. The van der Waals surface area contributed by atoms with Crippen LogP contribution >= 0.6 is 0 Å². The Morgan fingerprint density at radius 3 is 2.61 bits per heavy atom. The van der Waals surface area contributed by atoms with E-state index in [9.17, 15) is 9.59 Å². The average Bonchev–Trinajstić information content (AvgIpc) is 2.32. The largest absolute Gasteiger partial charge is 0.478 e. The van der Waals surface area contributed by atoms with Gasteiger partial charge in [-0.1, -0.05) is 25.8 Å². The molecule has 1 aromatic rings. The first-order valence-corrected chi connectivity index (χ1v) is 6.18. The van der Waals surface area contributed by atoms with Crippen molar-refractivity contribution >= 4 is 17.6 Å². The standard InChI is InChI=1S/C14H19NO3/c1-3-4-5-6-13(16)15-12-9-11(14(17)18)8-7-10(12)2/h7-9H,3-6H2,1-2H3,(H,15,16)(H,17,18). The molecule has 0 saturated heterocycles. The fourth-order valence-corrected chi connectivity index (χ4v) is 1.64. The van der Waals surface area contributed by atoms with E-state index in [1.165, 1.54) is 12.1 Å². The molecule has 0 aliphatic carbocycles. The number of hydrogen-bond acceptors (Lipinski definition) is 2. The minimum atomic E-state index is -0.989. The van der Waals surface area contributed by atoms with Gasteiger partial charge >= 0.3 is 5.97 Å². The van der Waals surface area contributed by atoms with Gasteiger partial charge in [-0.25, -0.2) is 4.79 Å². The van der Waals surface area contributed by atoms with Gasteiger partial charge in [-0.2, -0.15) is 0 Å². The van der Waals surface area contributed by atoms with E-state index in [0.717, 1.165) is 24.8 Å². The summed E-state index contributed by atoms with van der Waals surface area (Å²) in [5, 5.41) is 11.7. The zero-order valence-corrected chi connectivity index (χ0v) is 10.8. The number of carbonyl (C=O) groups is 2. The Hall–Kier alpha value is -1.84. The van der Waals surface area contributed by atoms with Crippen LogP contribution in [0.15, 0.2) is 18.2 Å². The number of nitrogens with one attached hydrogen (secondary N) is 1. The van der Waals surface area contributed by atoms with Crippen LogP contribution < -0.4 is 5.32 Å². The summed E-state index contributed by atoms with van der Waals surface area (Å²) in [4.78, 5) is 22.5. The summed E-state index contributed by atoms with van der Waals surface area (Å²) in [7, 11) is 0. The maximum Gasteiger partial charge on any atom is 0.335 e. The third-order valence-electron chi connectivity index (χ3n) is 2.77. The molecule has 0 bridgehead atoms. The molecule has 98 valence electrons. The van der Waals surface area contributed by atoms with Gasteiger partial charge in [-0.15, -0.1) is 0 Å². The van der Waals surface area contributed by atoms with Gasteiger partial charge in [0.15, 0.2) is 0 Å². The molecule has 0 aromatic heterocycles. The number of anilines is 1. The van der Waals surface area contributed by atoms with Crippen LogP contribution in [0, 0.1) is 6.92 Å². The number of aromatic carboxylic acids is 1. The van der Waals surface area contributed by atoms with Crippen molar-refractivity contribution in [1.29, 1.82) is 0 Å². The van der Waals surface area contributed by atoms with Crippen LogP contribution in [0.2, 0.25) is 0 Å². The average molecular weight is 249 g/mol. The van der Waals surface area contributed by atoms with Gasteiger partial charge in [0.2, 0.25) is 5.91 Å². The predicted molar refractivity (Wildman–Crippen MR) is 70.9 cm³/mol. The Bertz CT molecular complexity index is 441. The van der Waals surface area contributed by atoms with Crippen molar-refractivity contribution in [2.45, 2.75) is 39.5 Å². The summed E-state index contributed by atoms with van der Waals surface area (Å²) in [5.74, 6) is -1.05. The van der Waals surface area contributed by atoms with Gasteiger partial charge in [0.05, 0.1) is 5.56 Å². The lowest BCUT2D eigenvalue weighted by atomic mass is 10.1. The second kappa shape index (κ2) is 6.79. The van der Waals surface area contributed by atoms with E-state index in [4.69, 9.17) is 5.11 Å². The molecule has 2 N–H and O–H groups in total. The molecule has 0 aliphatic rings. The number of carboxylic acid groups (broad SMARTS) is 1. The molecule has 0 heterocycles. The summed E-state index contributed by atoms with van der Waals surface area (Å²) >= 11 is 0. The predicted octanol–water partition coefficient (Wildman–Crippen LogP) is 3.21. The highest BCUT2D eigenvalue weighted by Crippen LogP contribution is 2.17. The molecular formula is C14H19NO3. The van der Waals surface area contributed by atoms with Crippen LogP contribution in [0.4, 0.5) is 5.69 Å². The lowest BCUT2D eigenvalue weighted by Crippen LogP contribution is -2.12. The lowest BCUT2D eigenvalue weighted by molar-refractivity contribution is -0.116. The lowest BCUT2D eigenvalue weighted by Gasteiger charge is -2.09. The van der Waals surface area contributed by atoms with Crippen LogP contribution in [-0.4, -0.2) is 17.0 Å². The quantitative estimate of drug-likeness (QED) is 0.761. The molecule has 0 unspecified atom stereocenters. The Morgan fingerprint density at radius 1 is 1.28 bits per heavy atom. The number of benzene rings is 1. The van der Waals surface area contributed by atoms with Crippen LogP contribution in [-0.2, 0) is 4.79 Å². The molecule has 0 atom stereocenters. The molecule has 0 aliphatic heterocycles. The molecule has 4 heteroatoms. The van der Waals surface area contributed by atoms with Crippen molar-refractivity contribution in [2.75, 3.05) is 5.32 Å². The molecule has 1 aromatic carbocycles. The van der Waals surface area contributed by atoms with Gasteiger partial charge < -0.3 is 10.4 Å². The highest BCUT2D eigenvalue weighted by atomic mass is 16.4. The first-order valence-electron chi connectivity index (χ1n) is 6.18. The van der Waals surface area contributed by atoms with E-state index in [0.29, 0.717) is 12.1 Å². The van der Waals surface area contributed by atoms with Crippen molar-refractivity contribution in [3.63, 3.8) is 0 Å². The molecular weight excluding hydrogens is 230 g/mol. The third kappa shape index (κ3) is 4.20. The molecule has 0 spiro atoms. The van der Waals surface area contributed by atoms with Crippen LogP contribution in [0.1, 0.15) is 48.5 Å². The topological polar surface area (TPSA) is 66.4 Å². The molecule has 4 nitrogen and oxygen atoms in total. The summed E-state index contributed by atoms with van der Waals surface area (Å²) < 4.78 is 0. The van der Waals surface area contributed by atoms with Crippen LogP contribution in [0.3, 0.4) is 0 Å². The smallest absolute Gasteiger partial charge is 0.335 e. The normalized spacial score (nSPS) is 10.1. The van der Waals surface area contributed by atoms with E-state index in [-0.39, 0.29) is 11.5 Å². The summed E-state index contributed by atoms with van der Waals surface area (Å²) in [6.07, 6.45) is 3.44. The van der Waals surface area contributed by atoms with E-state index in [2.05, 4.69) is 12.2 Å². The summed E-state index contributed by atoms with van der Waals surface area (Å²) in [6, 6.07) is 4.73. The number of hydrogen-bond donors (Lipinski definition) is 2. The second-order valence-electron chi connectivity index (χ2n) is 4.34. The minimum Gasteiger partial charge on any atom is -0.478 e. The van der Waals surface area contributed by atoms with Crippen molar-refractivity contribution in [3.05, 3.63) is 29.3 Å². The third-order valence-corrected chi connectivity index (χ3v) is 2.77.